The minimum Gasteiger partial charge on any atom is -0.493 e. The average molecular weight is 497 g/mol. The Hall–Kier alpha value is -3.49. The van der Waals surface area contributed by atoms with Crippen molar-refractivity contribution in [1.29, 1.82) is 0 Å². The van der Waals surface area contributed by atoms with Crippen molar-refractivity contribution in [3.05, 3.63) is 93.5 Å². The van der Waals surface area contributed by atoms with Gasteiger partial charge in [-0.15, -0.1) is 0 Å². The van der Waals surface area contributed by atoms with Crippen molar-refractivity contribution < 1.29 is 24.2 Å². The van der Waals surface area contributed by atoms with Gasteiger partial charge in [0.25, 0.3) is 5.91 Å². The van der Waals surface area contributed by atoms with Gasteiger partial charge in [-0.05, 0) is 58.2 Å². The number of aliphatic hydroxyl groups excluding tert-OH is 1. The topological polar surface area (TPSA) is 97.2 Å². The van der Waals surface area contributed by atoms with E-state index in [2.05, 4.69) is 26.5 Å². The number of ether oxygens (including phenoxy) is 2. The summed E-state index contributed by atoms with van der Waals surface area (Å²) >= 11 is 3.38. The number of nitrogens with zero attached hydrogens (tertiary/aromatic N) is 1. The zero-order valence-electron chi connectivity index (χ0n) is 17.4. The quantitative estimate of drug-likeness (QED) is 0.221. The van der Waals surface area contributed by atoms with Gasteiger partial charge in [0.15, 0.2) is 17.6 Å². The molecule has 0 bridgehead atoms. The number of hydrazone groups is 1. The molecule has 8 heteroatoms. The Morgan fingerprint density at radius 3 is 2.44 bits per heavy atom. The van der Waals surface area contributed by atoms with Crippen LogP contribution in [-0.4, -0.2) is 30.3 Å². The summed E-state index contributed by atoms with van der Waals surface area (Å²) in [5, 5.41) is 14.0. The molecule has 0 spiro atoms. The molecular formula is C24H21BrN2O5. The van der Waals surface area contributed by atoms with Crippen LogP contribution in [0.2, 0.25) is 0 Å². The van der Waals surface area contributed by atoms with E-state index >= 15 is 0 Å². The largest absolute Gasteiger partial charge is 0.493 e. The van der Waals surface area contributed by atoms with E-state index in [1.807, 2.05) is 19.1 Å². The van der Waals surface area contributed by atoms with Crippen LogP contribution in [-0.2, 0) is 4.79 Å². The molecule has 0 heterocycles. The second-order valence-electron chi connectivity index (χ2n) is 6.84. The average Bonchev–Trinajstić information content (AvgIpc) is 2.80. The zero-order valence-corrected chi connectivity index (χ0v) is 19.0. The molecule has 0 fully saturated rings. The molecule has 0 aliphatic heterocycles. The number of aryl methyl sites for hydroxylation is 1. The van der Waals surface area contributed by atoms with Gasteiger partial charge in [0, 0.05) is 0 Å². The molecule has 7 nitrogen and oxygen atoms in total. The number of hydrogen-bond acceptors (Lipinski definition) is 6. The summed E-state index contributed by atoms with van der Waals surface area (Å²) in [6, 6.07) is 18.8. The molecule has 0 aliphatic rings. The van der Waals surface area contributed by atoms with Crippen LogP contribution in [0.1, 0.15) is 33.2 Å². The molecule has 3 aromatic carbocycles. The van der Waals surface area contributed by atoms with Gasteiger partial charge < -0.3 is 14.6 Å². The Bertz CT molecular complexity index is 1130. The van der Waals surface area contributed by atoms with Gasteiger partial charge in [0.1, 0.15) is 0 Å². The Labute approximate surface area is 193 Å². The Morgan fingerprint density at radius 1 is 1.09 bits per heavy atom. The fraction of sp³-hybridized carbons (Fsp3) is 0.125. The van der Waals surface area contributed by atoms with Crippen LogP contribution in [0.5, 0.6) is 11.5 Å². The van der Waals surface area contributed by atoms with E-state index in [0.717, 1.165) is 5.56 Å². The van der Waals surface area contributed by atoms with Crippen molar-refractivity contribution in [2.75, 3.05) is 7.11 Å². The normalized spacial score (nSPS) is 11.8. The van der Waals surface area contributed by atoms with Crippen molar-refractivity contribution >= 4 is 34.0 Å². The number of aliphatic hydroxyl groups is 1. The van der Waals surface area contributed by atoms with Gasteiger partial charge in [-0.25, -0.2) is 10.2 Å². The molecule has 1 atom stereocenters. The molecule has 3 aromatic rings. The van der Waals surface area contributed by atoms with Gasteiger partial charge in [-0.2, -0.15) is 5.10 Å². The minimum atomic E-state index is -1.34. The van der Waals surface area contributed by atoms with Gasteiger partial charge in [-0.3, -0.25) is 4.79 Å². The highest BCUT2D eigenvalue weighted by Crippen LogP contribution is 2.36. The van der Waals surface area contributed by atoms with Crippen molar-refractivity contribution in [2.24, 2.45) is 5.10 Å². The zero-order chi connectivity index (χ0) is 23.1. The third-order valence-electron chi connectivity index (χ3n) is 4.49. The predicted molar refractivity (Wildman–Crippen MR) is 124 cm³/mol. The van der Waals surface area contributed by atoms with E-state index in [-0.39, 0.29) is 5.75 Å². The smallest absolute Gasteiger partial charge is 0.343 e. The lowest BCUT2D eigenvalue weighted by atomic mass is 10.1. The highest BCUT2D eigenvalue weighted by Gasteiger charge is 2.18. The standard InChI is InChI=1S/C24H21BrN2O5/c1-15-8-10-18(11-9-15)24(30)32-22-19(25)12-16(13-20(22)31-2)14-26-27-23(29)21(28)17-6-4-3-5-7-17/h3-14,21,28H,1-2H3,(H,27,29)/b26-14-/t21-/m1/s1. The van der Waals surface area contributed by atoms with Gasteiger partial charge in [0.2, 0.25) is 0 Å². The van der Waals surface area contributed by atoms with Crippen LogP contribution in [0.3, 0.4) is 0 Å². The maximum Gasteiger partial charge on any atom is 0.343 e. The fourth-order valence-electron chi connectivity index (χ4n) is 2.77. The number of carbonyl (C=O) groups is 2. The summed E-state index contributed by atoms with van der Waals surface area (Å²) in [4.78, 5) is 24.6. The second-order valence-corrected chi connectivity index (χ2v) is 7.69. The molecule has 0 aromatic heterocycles. The first-order valence-electron chi connectivity index (χ1n) is 9.61. The first-order chi connectivity index (χ1) is 15.4. The lowest BCUT2D eigenvalue weighted by molar-refractivity contribution is -0.129. The number of hydrogen-bond donors (Lipinski definition) is 2. The van der Waals surface area contributed by atoms with E-state index < -0.39 is 18.0 Å². The molecule has 3 rings (SSSR count). The summed E-state index contributed by atoms with van der Waals surface area (Å²) < 4.78 is 11.3. The van der Waals surface area contributed by atoms with E-state index in [1.54, 1.807) is 54.6 Å². The number of amides is 1. The van der Waals surface area contributed by atoms with Crippen molar-refractivity contribution in [2.45, 2.75) is 13.0 Å². The van der Waals surface area contributed by atoms with Gasteiger partial charge in [0.05, 0.1) is 23.4 Å². The van der Waals surface area contributed by atoms with Gasteiger partial charge in [-0.1, -0.05) is 48.0 Å². The number of rotatable bonds is 7. The van der Waals surface area contributed by atoms with Crippen LogP contribution in [0.15, 0.2) is 76.3 Å². The molecule has 0 aliphatic carbocycles. The fourth-order valence-corrected chi connectivity index (χ4v) is 3.31. The Kier molecular flexibility index (Phi) is 7.75. The van der Waals surface area contributed by atoms with Gasteiger partial charge >= 0.3 is 5.97 Å². The number of methoxy groups -OCH3 is 1. The lowest BCUT2D eigenvalue weighted by Gasteiger charge is -2.12. The molecule has 0 saturated heterocycles. The molecule has 0 radical (unpaired) electrons. The molecule has 1 amide bonds. The highest BCUT2D eigenvalue weighted by molar-refractivity contribution is 9.10. The van der Waals surface area contributed by atoms with Crippen LogP contribution >= 0.6 is 15.9 Å². The third kappa shape index (κ3) is 5.81. The summed E-state index contributed by atoms with van der Waals surface area (Å²) in [5.41, 5.74) is 4.77. The van der Waals surface area contributed by atoms with E-state index in [9.17, 15) is 14.7 Å². The summed E-state index contributed by atoms with van der Waals surface area (Å²) in [5.74, 6) is -0.662. The maximum atomic E-state index is 12.5. The molecule has 0 unspecified atom stereocenters. The van der Waals surface area contributed by atoms with E-state index in [1.165, 1.54) is 13.3 Å². The molecule has 164 valence electrons. The lowest BCUT2D eigenvalue weighted by Crippen LogP contribution is -2.25. The van der Waals surface area contributed by atoms with Crippen molar-refractivity contribution in [1.82, 2.24) is 5.43 Å². The van der Waals surface area contributed by atoms with Crippen LogP contribution in [0, 0.1) is 6.92 Å². The summed E-state index contributed by atoms with van der Waals surface area (Å²) in [7, 11) is 1.45. The first-order valence-corrected chi connectivity index (χ1v) is 10.4. The monoisotopic (exact) mass is 496 g/mol. The van der Waals surface area contributed by atoms with Crippen molar-refractivity contribution in [3.8, 4) is 11.5 Å². The molecule has 2 N–H and O–H groups in total. The molecular weight excluding hydrogens is 476 g/mol. The minimum absolute atomic E-state index is 0.221. The van der Waals surface area contributed by atoms with Crippen LogP contribution in [0.25, 0.3) is 0 Å². The van der Waals surface area contributed by atoms with Crippen molar-refractivity contribution in [3.63, 3.8) is 0 Å². The van der Waals surface area contributed by atoms with Crippen LogP contribution in [0.4, 0.5) is 0 Å². The summed E-state index contributed by atoms with van der Waals surface area (Å²) in [6.45, 7) is 1.93. The number of carbonyl (C=O) groups excluding carboxylic acids is 2. The van der Waals surface area contributed by atoms with E-state index in [4.69, 9.17) is 9.47 Å². The number of benzene rings is 3. The SMILES string of the molecule is COc1cc(/C=N\NC(=O)[C@H](O)c2ccccc2)cc(Br)c1OC(=O)c1ccc(C)cc1. The van der Waals surface area contributed by atoms with Crippen LogP contribution < -0.4 is 14.9 Å². The third-order valence-corrected chi connectivity index (χ3v) is 5.07. The predicted octanol–water partition coefficient (Wildman–Crippen LogP) is 4.17. The Morgan fingerprint density at radius 2 is 1.78 bits per heavy atom. The number of esters is 1. The first kappa shape index (κ1) is 23.2. The maximum absolute atomic E-state index is 12.5. The second kappa shape index (κ2) is 10.7. The number of halogens is 1. The summed E-state index contributed by atoms with van der Waals surface area (Å²) in [6.07, 6.45) is 0.0484. The Balaban J connectivity index is 1.71. The van der Waals surface area contributed by atoms with E-state index in [0.29, 0.717) is 26.9 Å². The number of nitrogens with one attached hydrogen (secondary N) is 1. The molecule has 0 saturated carbocycles. The highest BCUT2D eigenvalue weighted by atomic mass is 79.9. The molecule has 32 heavy (non-hydrogen) atoms.